The molecule has 0 saturated heterocycles. The van der Waals surface area contributed by atoms with Gasteiger partial charge in [0.25, 0.3) is 0 Å². The number of amides is 1. The summed E-state index contributed by atoms with van der Waals surface area (Å²) in [6.45, 7) is 2.01. The fourth-order valence-electron chi connectivity index (χ4n) is 1.25. The van der Waals surface area contributed by atoms with Crippen molar-refractivity contribution in [2.24, 2.45) is 0 Å². The largest absolute Gasteiger partial charge is 0.466 e. The first-order valence-corrected chi connectivity index (χ1v) is 6.51. The van der Waals surface area contributed by atoms with E-state index in [0.29, 0.717) is 15.9 Å². The molecular formula is C12H13FINO3. The maximum absolute atomic E-state index is 12.8. The highest BCUT2D eigenvalue weighted by Crippen LogP contribution is 2.19. The van der Waals surface area contributed by atoms with Crippen molar-refractivity contribution >= 4 is 40.2 Å². The number of carbonyl (C=O) groups is 2. The molecular weight excluding hydrogens is 352 g/mol. The first-order valence-electron chi connectivity index (χ1n) is 5.43. The van der Waals surface area contributed by atoms with E-state index < -0.39 is 5.97 Å². The van der Waals surface area contributed by atoms with Gasteiger partial charge in [-0.05, 0) is 47.7 Å². The summed E-state index contributed by atoms with van der Waals surface area (Å²) in [6, 6.07) is 4.07. The van der Waals surface area contributed by atoms with Gasteiger partial charge in [0.2, 0.25) is 5.91 Å². The summed E-state index contributed by atoms with van der Waals surface area (Å²) in [4.78, 5) is 22.6. The molecule has 1 rings (SSSR count). The third-order valence-corrected chi connectivity index (χ3v) is 2.96. The molecule has 4 nitrogen and oxygen atoms in total. The van der Waals surface area contributed by atoms with Crippen molar-refractivity contribution in [1.82, 2.24) is 0 Å². The summed E-state index contributed by atoms with van der Waals surface area (Å²) in [5.74, 6) is -1.06. The number of halogens is 2. The summed E-state index contributed by atoms with van der Waals surface area (Å²) in [5.41, 5.74) is 0.533. The van der Waals surface area contributed by atoms with Crippen molar-refractivity contribution in [3.05, 3.63) is 27.6 Å². The molecule has 6 heteroatoms. The van der Waals surface area contributed by atoms with Gasteiger partial charge in [-0.1, -0.05) is 0 Å². The number of carbonyl (C=O) groups excluding carboxylic acids is 2. The zero-order valence-corrected chi connectivity index (χ0v) is 12.0. The molecule has 1 N–H and O–H groups in total. The van der Waals surface area contributed by atoms with Crippen LogP contribution in [0.1, 0.15) is 19.8 Å². The molecule has 0 aliphatic carbocycles. The van der Waals surface area contributed by atoms with Crippen LogP contribution in [0, 0.1) is 9.39 Å². The van der Waals surface area contributed by atoms with Gasteiger partial charge < -0.3 is 10.1 Å². The lowest BCUT2D eigenvalue weighted by Crippen LogP contribution is -2.15. The number of hydrogen-bond donors (Lipinski definition) is 1. The highest BCUT2D eigenvalue weighted by Gasteiger charge is 2.09. The lowest BCUT2D eigenvalue weighted by molar-refractivity contribution is -0.144. The van der Waals surface area contributed by atoms with Gasteiger partial charge in [0.1, 0.15) is 5.82 Å². The van der Waals surface area contributed by atoms with Gasteiger partial charge in [-0.15, -0.1) is 0 Å². The molecule has 0 unspecified atom stereocenters. The summed E-state index contributed by atoms with van der Waals surface area (Å²) in [6.07, 6.45) is 0.0870. The molecule has 0 heterocycles. The standard InChI is InChI=1S/C12H13FINO3/c1-2-18-12(17)6-5-11(16)15-10-4-3-8(13)7-9(10)14/h3-4,7H,2,5-6H2,1H3,(H,15,16). The Morgan fingerprint density at radius 1 is 1.39 bits per heavy atom. The Labute approximate surface area is 118 Å². The Kier molecular flexibility index (Phi) is 6.03. The summed E-state index contributed by atoms with van der Waals surface area (Å²) in [7, 11) is 0. The maximum Gasteiger partial charge on any atom is 0.306 e. The molecule has 0 aliphatic heterocycles. The Hall–Kier alpha value is -1.18. The fourth-order valence-corrected chi connectivity index (χ4v) is 1.86. The van der Waals surface area contributed by atoms with E-state index in [1.165, 1.54) is 18.2 Å². The molecule has 0 aromatic heterocycles. The molecule has 0 saturated carbocycles. The molecule has 1 aromatic carbocycles. The van der Waals surface area contributed by atoms with Gasteiger partial charge in [0.05, 0.1) is 18.7 Å². The molecule has 18 heavy (non-hydrogen) atoms. The van der Waals surface area contributed by atoms with Crippen LogP contribution in [0.3, 0.4) is 0 Å². The molecule has 0 aliphatic rings. The number of hydrogen-bond acceptors (Lipinski definition) is 3. The lowest BCUT2D eigenvalue weighted by atomic mass is 10.2. The highest BCUT2D eigenvalue weighted by molar-refractivity contribution is 14.1. The van der Waals surface area contributed by atoms with E-state index in [4.69, 9.17) is 4.74 Å². The van der Waals surface area contributed by atoms with Gasteiger partial charge in [0, 0.05) is 9.99 Å². The Balaban J connectivity index is 2.47. The van der Waals surface area contributed by atoms with Crippen LogP contribution < -0.4 is 5.32 Å². The average Bonchev–Trinajstić information content (AvgIpc) is 2.31. The first-order chi connectivity index (χ1) is 8.52. The van der Waals surface area contributed by atoms with E-state index in [1.54, 1.807) is 6.92 Å². The van der Waals surface area contributed by atoms with E-state index in [9.17, 15) is 14.0 Å². The zero-order valence-electron chi connectivity index (χ0n) is 9.83. The SMILES string of the molecule is CCOC(=O)CCC(=O)Nc1ccc(F)cc1I. The fraction of sp³-hybridized carbons (Fsp3) is 0.333. The average molecular weight is 365 g/mol. The second kappa shape index (κ2) is 7.30. The van der Waals surface area contributed by atoms with Crippen LogP contribution in [-0.4, -0.2) is 18.5 Å². The van der Waals surface area contributed by atoms with Crippen molar-refractivity contribution in [3.8, 4) is 0 Å². The van der Waals surface area contributed by atoms with E-state index >= 15 is 0 Å². The van der Waals surface area contributed by atoms with Gasteiger partial charge >= 0.3 is 5.97 Å². The van der Waals surface area contributed by atoms with Crippen molar-refractivity contribution in [2.45, 2.75) is 19.8 Å². The van der Waals surface area contributed by atoms with Crippen molar-refractivity contribution in [1.29, 1.82) is 0 Å². The van der Waals surface area contributed by atoms with Crippen molar-refractivity contribution < 1.29 is 18.7 Å². The van der Waals surface area contributed by atoms with Crippen LogP contribution in [0.15, 0.2) is 18.2 Å². The summed E-state index contributed by atoms with van der Waals surface area (Å²) in [5, 5.41) is 2.61. The van der Waals surface area contributed by atoms with Crippen LogP contribution in [0.4, 0.5) is 10.1 Å². The Bertz CT molecular complexity index is 451. The molecule has 0 bridgehead atoms. The molecule has 0 spiro atoms. The Morgan fingerprint density at radius 3 is 2.72 bits per heavy atom. The second-order valence-corrected chi connectivity index (χ2v) is 4.64. The monoisotopic (exact) mass is 365 g/mol. The molecule has 0 atom stereocenters. The van der Waals surface area contributed by atoms with Crippen molar-refractivity contribution in [2.75, 3.05) is 11.9 Å². The lowest BCUT2D eigenvalue weighted by Gasteiger charge is -2.07. The van der Waals surface area contributed by atoms with Crippen LogP contribution in [-0.2, 0) is 14.3 Å². The van der Waals surface area contributed by atoms with Gasteiger partial charge in [-0.2, -0.15) is 0 Å². The highest BCUT2D eigenvalue weighted by atomic mass is 127. The molecule has 0 radical (unpaired) electrons. The van der Waals surface area contributed by atoms with Crippen LogP contribution in [0.2, 0.25) is 0 Å². The third-order valence-electron chi connectivity index (χ3n) is 2.07. The minimum Gasteiger partial charge on any atom is -0.466 e. The van der Waals surface area contributed by atoms with Crippen LogP contribution in [0.25, 0.3) is 0 Å². The molecule has 0 fully saturated rings. The first kappa shape index (κ1) is 14.9. The predicted molar refractivity (Wildman–Crippen MR) is 73.6 cm³/mol. The second-order valence-electron chi connectivity index (χ2n) is 3.48. The maximum atomic E-state index is 12.8. The van der Waals surface area contributed by atoms with Gasteiger partial charge in [-0.25, -0.2) is 4.39 Å². The van der Waals surface area contributed by atoms with Crippen LogP contribution in [0.5, 0.6) is 0 Å². The van der Waals surface area contributed by atoms with E-state index in [0.717, 1.165) is 0 Å². The van der Waals surface area contributed by atoms with E-state index in [1.807, 2.05) is 22.6 Å². The van der Waals surface area contributed by atoms with Gasteiger partial charge in [0.15, 0.2) is 0 Å². The van der Waals surface area contributed by atoms with Crippen molar-refractivity contribution in [3.63, 3.8) is 0 Å². The summed E-state index contributed by atoms with van der Waals surface area (Å²) < 4.78 is 18.2. The number of anilines is 1. The molecule has 98 valence electrons. The zero-order chi connectivity index (χ0) is 13.5. The minimum absolute atomic E-state index is 0.0391. The van der Waals surface area contributed by atoms with E-state index in [2.05, 4.69) is 5.32 Å². The van der Waals surface area contributed by atoms with Gasteiger partial charge in [-0.3, -0.25) is 9.59 Å². The quantitative estimate of drug-likeness (QED) is 0.645. The molecule has 1 amide bonds. The number of benzene rings is 1. The molecule has 1 aromatic rings. The predicted octanol–water partition coefficient (Wildman–Crippen LogP) is 2.71. The summed E-state index contributed by atoms with van der Waals surface area (Å²) >= 11 is 1.93. The normalized spacial score (nSPS) is 9.94. The number of ether oxygens (including phenoxy) is 1. The van der Waals surface area contributed by atoms with E-state index in [-0.39, 0.29) is 24.6 Å². The Morgan fingerprint density at radius 2 is 2.11 bits per heavy atom. The topological polar surface area (TPSA) is 55.4 Å². The number of esters is 1. The minimum atomic E-state index is -0.401. The number of nitrogens with one attached hydrogen (secondary N) is 1. The smallest absolute Gasteiger partial charge is 0.306 e. The van der Waals surface area contributed by atoms with Crippen LogP contribution >= 0.6 is 22.6 Å². The third kappa shape index (κ3) is 4.99. The number of rotatable bonds is 5.